The summed E-state index contributed by atoms with van der Waals surface area (Å²) in [5, 5.41) is 0. The molecule has 0 aliphatic carbocycles. The molecule has 0 spiro atoms. The van der Waals surface area contributed by atoms with Crippen LogP contribution in [0.5, 0.6) is 0 Å². The fourth-order valence-corrected chi connectivity index (χ4v) is 2.45. The van der Waals surface area contributed by atoms with Crippen molar-refractivity contribution in [1.82, 2.24) is 0 Å². The molecule has 0 aromatic heterocycles. The zero-order valence-electron chi connectivity index (χ0n) is 9.84. The van der Waals surface area contributed by atoms with Gasteiger partial charge >= 0.3 is 0 Å². The normalized spacial score (nSPS) is 12.5. The molecule has 0 fully saturated rings. The van der Waals surface area contributed by atoms with Gasteiger partial charge < -0.3 is 5.73 Å². The van der Waals surface area contributed by atoms with Gasteiger partial charge in [-0.25, -0.2) is 8.78 Å². The molecule has 1 unspecified atom stereocenters. The highest BCUT2D eigenvalue weighted by molar-refractivity contribution is 9.10. The van der Waals surface area contributed by atoms with Gasteiger partial charge in [0.1, 0.15) is 11.6 Å². The van der Waals surface area contributed by atoms with E-state index in [1.165, 1.54) is 12.1 Å². The van der Waals surface area contributed by atoms with Crippen molar-refractivity contribution in [3.05, 3.63) is 68.1 Å². The Morgan fingerprint density at radius 1 is 0.947 bits per heavy atom. The van der Waals surface area contributed by atoms with E-state index in [2.05, 4.69) is 31.9 Å². The Hall–Kier alpha value is -0.780. The van der Waals surface area contributed by atoms with E-state index >= 15 is 0 Å². The van der Waals surface area contributed by atoms with Crippen LogP contribution in [0.4, 0.5) is 8.78 Å². The smallest absolute Gasteiger partial charge is 0.137 e. The summed E-state index contributed by atoms with van der Waals surface area (Å²) >= 11 is 6.23. The van der Waals surface area contributed by atoms with Crippen molar-refractivity contribution < 1.29 is 8.78 Å². The van der Waals surface area contributed by atoms with Gasteiger partial charge in [-0.2, -0.15) is 0 Å². The van der Waals surface area contributed by atoms with E-state index in [-0.39, 0.29) is 17.7 Å². The monoisotopic (exact) mass is 389 g/mol. The van der Waals surface area contributed by atoms with Crippen LogP contribution in [-0.2, 0) is 6.42 Å². The zero-order valence-corrected chi connectivity index (χ0v) is 13.0. The van der Waals surface area contributed by atoms with Gasteiger partial charge in [-0.3, -0.25) is 0 Å². The van der Waals surface area contributed by atoms with E-state index in [1.807, 2.05) is 0 Å². The Labute approximate surface area is 127 Å². The highest BCUT2D eigenvalue weighted by Gasteiger charge is 2.10. The number of hydrogen-bond donors (Lipinski definition) is 1. The second-order valence-corrected chi connectivity index (χ2v) is 5.94. The first kappa shape index (κ1) is 14.6. The van der Waals surface area contributed by atoms with Gasteiger partial charge in [0.25, 0.3) is 0 Å². The molecule has 2 rings (SSSR count). The molecule has 0 aliphatic rings. The number of halogens is 4. The van der Waals surface area contributed by atoms with Crippen LogP contribution in [0.25, 0.3) is 0 Å². The van der Waals surface area contributed by atoms with Gasteiger partial charge in [-0.05, 0) is 73.7 Å². The van der Waals surface area contributed by atoms with Crippen LogP contribution in [0.15, 0.2) is 45.3 Å². The lowest BCUT2D eigenvalue weighted by Gasteiger charge is -2.13. The van der Waals surface area contributed by atoms with Crippen LogP contribution in [0.2, 0.25) is 0 Å². The maximum atomic E-state index is 13.4. The van der Waals surface area contributed by atoms with Gasteiger partial charge in [0, 0.05) is 6.04 Å². The molecule has 1 atom stereocenters. The summed E-state index contributed by atoms with van der Waals surface area (Å²) < 4.78 is 27.4. The van der Waals surface area contributed by atoms with Crippen LogP contribution >= 0.6 is 31.9 Å². The fraction of sp³-hybridized carbons (Fsp3) is 0.143. The van der Waals surface area contributed by atoms with E-state index in [9.17, 15) is 8.78 Å². The first-order valence-electron chi connectivity index (χ1n) is 5.62. The van der Waals surface area contributed by atoms with Crippen LogP contribution in [-0.4, -0.2) is 0 Å². The van der Waals surface area contributed by atoms with Gasteiger partial charge in [0.15, 0.2) is 0 Å². The highest BCUT2D eigenvalue weighted by atomic mass is 79.9. The third-order valence-electron chi connectivity index (χ3n) is 2.81. The topological polar surface area (TPSA) is 26.0 Å². The van der Waals surface area contributed by atoms with Gasteiger partial charge in [-0.15, -0.1) is 0 Å². The molecule has 1 nitrogen and oxygen atoms in total. The van der Waals surface area contributed by atoms with Crippen molar-refractivity contribution in [3.8, 4) is 0 Å². The van der Waals surface area contributed by atoms with E-state index in [0.29, 0.717) is 20.9 Å². The average Bonchev–Trinajstić information content (AvgIpc) is 2.37. The van der Waals surface area contributed by atoms with Crippen LogP contribution < -0.4 is 5.73 Å². The summed E-state index contributed by atoms with van der Waals surface area (Å²) in [4.78, 5) is 0. The molecule has 0 bridgehead atoms. The van der Waals surface area contributed by atoms with Crippen molar-refractivity contribution in [2.45, 2.75) is 12.5 Å². The molecular weight excluding hydrogens is 380 g/mol. The number of benzene rings is 2. The van der Waals surface area contributed by atoms with E-state index < -0.39 is 0 Å². The van der Waals surface area contributed by atoms with Crippen molar-refractivity contribution in [2.24, 2.45) is 5.73 Å². The standard InChI is InChI=1S/C14H11Br2F2N/c15-10-3-2-9(7-13(10)18)14(19)6-8-1-4-12(17)11(16)5-8/h1-5,7,14H,6,19H2. The molecule has 0 radical (unpaired) electrons. The Kier molecular flexibility index (Phi) is 4.71. The second-order valence-electron chi connectivity index (χ2n) is 4.23. The first-order chi connectivity index (χ1) is 8.97. The molecule has 2 N–H and O–H groups in total. The van der Waals surface area contributed by atoms with Gasteiger partial charge in [0.05, 0.1) is 8.95 Å². The fourth-order valence-electron chi connectivity index (χ4n) is 1.78. The molecule has 0 amide bonds. The van der Waals surface area contributed by atoms with Gasteiger partial charge in [0.2, 0.25) is 0 Å². The number of hydrogen-bond acceptors (Lipinski definition) is 1. The summed E-state index contributed by atoms with van der Waals surface area (Å²) in [6, 6.07) is 9.22. The lowest BCUT2D eigenvalue weighted by molar-refractivity contribution is 0.610. The Morgan fingerprint density at radius 2 is 1.68 bits per heavy atom. The summed E-state index contributed by atoms with van der Waals surface area (Å²) in [5.74, 6) is -0.653. The SMILES string of the molecule is NC(Cc1ccc(F)c(Br)c1)c1ccc(Br)c(F)c1. The first-order valence-corrected chi connectivity index (χ1v) is 7.20. The van der Waals surface area contributed by atoms with Crippen molar-refractivity contribution in [2.75, 3.05) is 0 Å². The molecule has 0 heterocycles. The van der Waals surface area contributed by atoms with E-state index in [1.54, 1.807) is 24.3 Å². The van der Waals surface area contributed by atoms with Crippen LogP contribution in [0.3, 0.4) is 0 Å². The second kappa shape index (κ2) is 6.11. The maximum Gasteiger partial charge on any atom is 0.137 e. The third-order valence-corrected chi connectivity index (χ3v) is 4.06. The molecule has 19 heavy (non-hydrogen) atoms. The molecule has 0 saturated carbocycles. The zero-order chi connectivity index (χ0) is 14.0. The van der Waals surface area contributed by atoms with E-state index in [0.717, 1.165) is 5.56 Å². The van der Waals surface area contributed by atoms with Crippen molar-refractivity contribution >= 4 is 31.9 Å². The summed E-state index contributed by atoms with van der Waals surface area (Å²) in [5.41, 5.74) is 7.65. The van der Waals surface area contributed by atoms with Crippen LogP contribution in [0.1, 0.15) is 17.2 Å². The van der Waals surface area contributed by atoms with Gasteiger partial charge in [-0.1, -0.05) is 12.1 Å². The lowest BCUT2D eigenvalue weighted by atomic mass is 10.00. The molecule has 2 aromatic rings. The molecular formula is C14H11Br2F2N. The maximum absolute atomic E-state index is 13.4. The lowest BCUT2D eigenvalue weighted by Crippen LogP contribution is -2.13. The Balaban J connectivity index is 2.17. The molecule has 0 saturated heterocycles. The van der Waals surface area contributed by atoms with Crippen molar-refractivity contribution in [3.63, 3.8) is 0 Å². The molecule has 5 heteroatoms. The Morgan fingerprint density at radius 3 is 2.32 bits per heavy atom. The minimum atomic E-state index is -0.340. The number of rotatable bonds is 3. The minimum Gasteiger partial charge on any atom is -0.324 e. The third kappa shape index (κ3) is 3.61. The minimum absolute atomic E-state index is 0.313. The molecule has 2 aromatic carbocycles. The quantitative estimate of drug-likeness (QED) is 0.805. The molecule has 100 valence electrons. The summed E-state index contributed by atoms with van der Waals surface area (Å²) in [6.45, 7) is 0. The summed E-state index contributed by atoms with van der Waals surface area (Å²) in [6.07, 6.45) is 0.514. The van der Waals surface area contributed by atoms with Crippen LogP contribution in [0, 0.1) is 11.6 Å². The summed E-state index contributed by atoms with van der Waals surface area (Å²) in [7, 11) is 0. The van der Waals surface area contributed by atoms with Crippen molar-refractivity contribution in [1.29, 1.82) is 0 Å². The average molecular weight is 391 g/mol. The predicted molar refractivity (Wildman–Crippen MR) is 78.8 cm³/mol. The van der Waals surface area contributed by atoms with E-state index in [4.69, 9.17) is 5.73 Å². The predicted octanol–water partition coefficient (Wildman–Crippen LogP) is 4.73. The number of nitrogens with two attached hydrogens (primary N) is 1. The molecule has 0 aliphatic heterocycles. The highest BCUT2D eigenvalue weighted by Crippen LogP contribution is 2.24. The largest absolute Gasteiger partial charge is 0.324 e. The Bertz CT molecular complexity index is 602.